The molecule has 26 heavy (non-hydrogen) atoms. The number of hydrogen-bond donors (Lipinski definition) is 2. The van der Waals surface area contributed by atoms with Gasteiger partial charge in [-0.05, 0) is 36.1 Å². The highest BCUT2D eigenvalue weighted by molar-refractivity contribution is 7.90. The Hall–Kier alpha value is -2.34. The average molecular weight is 372 g/mol. The Balaban J connectivity index is 1.54. The number of hydrogen-bond acceptors (Lipinski definition) is 3. The van der Waals surface area contributed by atoms with Crippen LogP contribution in [0.4, 0.5) is 0 Å². The van der Waals surface area contributed by atoms with Crippen molar-refractivity contribution >= 4 is 15.8 Å². The van der Waals surface area contributed by atoms with E-state index in [9.17, 15) is 8.42 Å². The van der Waals surface area contributed by atoms with Crippen molar-refractivity contribution in [2.75, 3.05) is 19.8 Å². The minimum absolute atomic E-state index is 0.218. The molecule has 0 aliphatic heterocycles. The van der Waals surface area contributed by atoms with E-state index in [-0.39, 0.29) is 5.41 Å². The molecule has 2 aromatic carbocycles. The van der Waals surface area contributed by atoms with Gasteiger partial charge >= 0.3 is 0 Å². The lowest BCUT2D eigenvalue weighted by Gasteiger charge is -2.19. The number of benzene rings is 2. The van der Waals surface area contributed by atoms with Crippen molar-refractivity contribution in [2.24, 2.45) is 4.99 Å². The van der Waals surface area contributed by atoms with Crippen molar-refractivity contribution in [1.82, 2.24) is 10.6 Å². The van der Waals surface area contributed by atoms with Crippen LogP contribution in [-0.2, 0) is 21.8 Å². The van der Waals surface area contributed by atoms with Gasteiger partial charge in [-0.1, -0.05) is 42.5 Å². The zero-order valence-corrected chi connectivity index (χ0v) is 16.0. The van der Waals surface area contributed by atoms with E-state index in [0.29, 0.717) is 11.4 Å². The summed E-state index contributed by atoms with van der Waals surface area (Å²) in [6.45, 7) is 1.44. The van der Waals surface area contributed by atoms with Crippen LogP contribution in [0, 0.1) is 0 Å². The molecule has 0 radical (unpaired) electrons. The summed E-state index contributed by atoms with van der Waals surface area (Å²) in [5.74, 6) is 0.749. The zero-order valence-electron chi connectivity index (χ0n) is 15.2. The first-order valence-corrected chi connectivity index (χ1v) is 10.6. The van der Waals surface area contributed by atoms with Gasteiger partial charge in [-0.15, -0.1) is 0 Å². The van der Waals surface area contributed by atoms with E-state index in [1.54, 1.807) is 19.2 Å². The lowest BCUT2D eigenvalue weighted by atomic mass is 9.96. The SMILES string of the molecule is CN=C(NCc1ccc(S(C)(=O)=O)cc1)NCC1(c2ccccc2)CC1. The van der Waals surface area contributed by atoms with Crippen LogP contribution in [0.3, 0.4) is 0 Å². The molecular formula is C20H25N3O2S. The fraction of sp³-hybridized carbons (Fsp3) is 0.350. The van der Waals surface area contributed by atoms with E-state index >= 15 is 0 Å². The molecule has 0 amide bonds. The smallest absolute Gasteiger partial charge is 0.191 e. The predicted molar refractivity (Wildman–Crippen MR) is 105 cm³/mol. The van der Waals surface area contributed by atoms with Crippen LogP contribution in [0.2, 0.25) is 0 Å². The monoisotopic (exact) mass is 371 g/mol. The van der Waals surface area contributed by atoms with E-state index in [0.717, 1.165) is 18.1 Å². The summed E-state index contributed by atoms with van der Waals surface area (Å²) in [7, 11) is -1.40. The van der Waals surface area contributed by atoms with Crippen LogP contribution < -0.4 is 10.6 Å². The standard InChI is InChI=1S/C20H25N3O2S/c1-21-19(22-14-16-8-10-18(11-9-16)26(2,24)25)23-15-20(12-13-20)17-6-4-3-5-7-17/h3-11H,12-15H2,1-2H3,(H2,21,22,23). The van der Waals surface area contributed by atoms with Gasteiger partial charge in [0.2, 0.25) is 0 Å². The number of guanidine groups is 1. The molecule has 2 aromatic rings. The molecule has 1 aliphatic carbocycles. The first-order valence-electron chi connectivity index (χ1n) is 8.72. The fourth-order valence-corrected chi connectivity index (χ4v) is 3.65. The second-order valence-electron chi connectivity index (χ2n) is 6.84. The Bertz CT molecular complexity index is 871. The van der Waals surface area contributed by atoms with E-state index in [1.165, 1.54) is 24.7 Å². The van der Waals surface area contributed by atoms with Crippen LogP contribution in [-0.4, -0.2) is 34.2 Å². The normalized spacial score (nSPS) is 16.2. The van der Waals surface area contributed by atoms with Crippen molar-refractivity contribution in [2.45, 2.75) is 29.7 Å². The highest BCUT2D eigenvalue weighted by Crippen LogP contribution is 2.47. The molecule has 0 spiro atoms. The van der Waals surface area contributed by atoms with Crippen molar-refractivity contribution in [3.63, 3.8) is 0 Å². The fourth-order valence-electron chi connectivity index (χ4n) is 3.02. The Morgan fingerprint density at radius 3 is 2.23 bits per heavy atom. The molecule has 0 aromatic heterocycles. The van der Waals surface area contributed by atoms with Crippen LogP contribution in [0.15, 0.2) is 64.5 Å². The van der Waals surface area contributed by atoms with Crippen molar-refractivity contribution in [3.05, 3.63) is 65.7 Å². The van der Waals surface area contributed by atoms with Crippen LogP contribution in [0.25, 0.3) is 0 Å². The molecule has 3 rings (SSSR count). The lowest BCUT2D eigenvalue weighted by Crippen LogP contribution is -2.40. The molecule has 0 atom stereocenters. The summed E-state index contributed by atoms with van der Waals surface area (Å²) in [6, 6.07) is 17.5. The summed E-state index contributed by atoms with van der Waals surface area (Å²) in [4.78, 5) is 4.62. The summed E-state index contributed by atoms with van der Waals surface area (Å²) in [5, 5.41) is 6.70. The van der Waals surface area contributed by atoms with E-state index < -0.39 is 9.84 Å². The third-order valence-corrected chi connectivity index (χ3v) is 6.00. The average Bonchev–Trinajstić information content (AvgIpc) is 3.43. The van der Waals surface area contributed by atoms with Gasteiger partial charge in [0.05, 0.1) is 4.90 Å². The Morgan fingerprint density at radius 2 is 1.69 bits per heavy atom. The molecule has 2 N–H and O–H groups in total. The largest absolute Gasteiger partial charge is 0.356 e. The van der Waals surface area contributed by atoms with Gasteiger partial charge < -0.3 is 10.6 Å². The van der Waals surface area contributed by atoms with Gasteiger partial charge in [0.15, 0.2) is 15.8 Å². The topological polar surface area (TPSA) is 70.6 Å². The maximum absolute atomic E-state index is 11.5. The van der Waals surface area contributed by atoms with Gasteiger partial charge in [-0.25, -0.2) is 8.42 Å². The van der Waals surface area contributed by atoms with Crippen LogP contribution in [0.1, 0.15) is 24.0 Å². The summed E-state index contributed by atoms with van der Waals surface area (Å²) >= 11 is 0. The maximum Gasteiger partial charge on any atom is 0.191 e. The van der Waals surface area contributed by atoms with Crippen molar-refractivity contribution in [1.29, 1.82) is 0 Å². The Kier molecular flexibility index (Phi) is 5.32. The number of nitrogens with one attached hydrogen (secondary N) is 2. The highest BCUT2D eigenvalue weighted by Gasteiger charge is 2.43. The van der Waals surface area contributed by atoms with E-state index in [1.807, 2.05) is 18.2 Å². The van der Waals surface area contributed by atoms with E-state index in [4.69, 9.17) is 0 Å². The highest BCUT2D eigenvalue weighted by atomic mass is 32.2. The van der Waals surface area contributed by atoms with Gasteiger partial charge in [0, 0.05) is 31.8 Å². The second kappa shape index (κ2) is 7.50. The molecule has 0 bridgehead atoms. The third-order valence-electron chi connectivity index (χ3n) is 4.87. The maximum atomic E-state index is 11.5. The van der Waals surface area contributed by atoms with Crippen LogP contribution >= 0.6 is 0 Å². The molecule has 1 saturated carbocycles. The molecule has 0 heterocycles. The number of nitrogens with zero attached hydrogens (tertiary/aromatic N) is 1. The molecule has 138 valence electrons. The molecule has 0 unspecified atom stereocenters. The van der Waals surface area contributed by atoms with Crippen molar-refractivity contribution < 1.29 is 8.42 Å². The second-order valence-corrected chi connectivity index (χ2v) is 8.86. The molecule has 6 heteroatoms. The van der Waals surface area contributed by atoms with Gasteiger partial charge in [-0.3, -0.25) is 4.99 Å². The van der Waals surface area contributed by atoms with E-state index in [2.05, 4.69) is 39.9 Å². The van der Waals surface area contributed by atoms with Crippen LogP contribution in [0.5, 0.6) is 0 Å². The first kappa shape index (κ1) is 18.5. The summed E-state index contributed by atoms with van der Waals surface area (Å²) in [5.41, 5.74) is 2.60. The summed E-state index contributed by atoms with van der Waals surface area (Å²) in [6.07, 6.45) is 3.59. The number of rotatable bonds is 6. The third kappa shape index (κ3) is 4.43. The Labute approximate surface area is 155 Å². The van der Waals surface area contributed by atoms with Gasteiger partial charge in [0.25, 0.3) is 0 Å². The van der Waals surface area contributed by atoms with Gasteiger partial charge in [-0.2, -0.15) is 0 Å². The molecule has 0 saturated heterocycles. The molecule has 5 nitrogen and oxygen atoms in total. The lowest BCUT2D eigenvalue weighted by molar-refractivity contribution is 0.602. The molecule has 1 fully saturated rings. The predicted octanol–water partition coefficient (Wildman–Crippen LogP) is 2.49. The number of sulfone groups is 1. The van der Waals surface area contributed by atoms with Crippen molar-refractivity contribution in [3.8, 4) is 0 Å². The first-order chi connectivity index (χ1) is 12.4. The minimum Gasteiger partial charge on any atom is -0.356 e. The number of aliphatic imine (C=N–C) groups is 1. The summed E-state index contributed by atoms with van der Waals surface area (Å²) < 4.78 is 23.0. The zero-order chi connectivity index (χ0) is 18.6. The quantitative estimate of drug-likeness (QED) is 0.605. The Morgan fingerprint density at radius 1 is 1.04 bits per heavy atom. The van der Waals surface area contributed by atoms with Gasteiger partial charge in [0.1, 0.15) is 0 Å². The molecular weight excluding hydrogens is 346 g/mol. The molecule has 1 aliphatic rings. The minimum atomic E-state index is -3.16.